The lowest BCUT2D eigenvalue weighted by atomic mass is 9.77. The molecule has 4 unspecified atom stereocenters. The van der Waals surface area contributed by atoms with Crippen LogP contribution in [-0.2, 0) is 16.1 Å². The van der Waals surface area contributed by atoms with Crippen molar-refractivity contribution in [3.63, 3.8) is 0 Å². The third-order valence-electron chi connectivity index (χ3n) is 8.06. The maximum Gasteiger partial charge on any atom is 0.247 e. The second-order valence-electron chi connectivity index (χ2n) is 10.4. The van der Waals surface area contributed by atoms with Crippen LogP contribution in [0, 0.1) is 11.7 Å². The summed E-state index contributed by atoms with van der Waals surface area (Å²) in [4.78, 5) is 40.4. The minimum atomic E-state index is -1.28. The Hall–Kier alpha value is -3.76. The molecule has 2 aliphatic carbocycles. The van der Waals surface area contributed by atoms with Crippen LogP contribution in [0.4, 0.5) is 4.39 Å². The van der Waals surface area contributed by atoms with E-state index < -0.39 is 35.9 Å². The molecule has 0 saturated heterocycles. The van der Waals surface area contributed by atoms with E-state index in [1.807, 2.05) is 0 Å². The number of fused-ring (bicyclic) bond motifs is 3. The Bertz CT molecular complexity index is 1320. The summed E-state index contributed by atoms with van der Waals surface area (Å²) in [5, 5.41) is 23.7. The molecule has 3 aliphatic rings. The number of amides is 2. The second kappa shape index (κ2) is 11.8. The maximum atomic E-state index is 14.8. The summed E-state index contributed by atoms with van der Waals surface area (Å²) < 4.78 is 26.4. The summed E-state index contributed by atoms with van der Waals surface area (Å²) in [5.41, 5.74) is 1.31. The molecule has 0 bridgehead atoms. The first kappa shape index (κ1) is 27.8. The van der Waals surface area contributed by atoms with E-state index in [0.29, 0.717) is 36.0 Å². The van der Waals surface area contributed by atoms with Crippen LogP contribution >= 0.6 is 0 Å². The number of ether oxygens (including phenoxy) is 2. The number of methoxy groups -OCH3 is 1. The molecule has 2 aromatic carbocycles. The van der Waals surface area contributed by atoms with Crippen LogP contribution in [-0.4, -0.2) is 71.7 Å². The summed E-state index contributed by atoms with van der Waals surface area (Å²) in [5.74, 6) is -1.67. The normalized spacial score (nSPS) is 23.4. The Morgan fingerprint density at radius 1 is 1.23 bits per heavy atom. The third kappa shape index (κ3) is 5.09. The van der Waals surface area contributed by atoms with Crippen molar-refractivity contribution >= 4 is 18.1 Å². The molecule has 212 valence electrons. The smallest absolute Gasteiger partial charge is 0.247 e. The van der Waals surface area contributed by atoms with Gasteiger partial charge in [-0.15, -0.1) is 0 Å². The minimum absolute atomic E-state index is 0.00780. The van der Waals surface area contributed by atoms with Crippen molar-refractivity contribution in [2.75, 3.05) is 20.3 Å². The van der Waals surface area contributed by atoms with Gasteiger partial charge in [-0.3, -0.25) is 14.4 Å². The van der Waals surface area contributed by atoms with Gasteiger partial charge >= 0.3 is 0 Å². The molecule has 0 aromatic heterocycles. The van der Waals surface area contributed by atoms with Gasteiger partial charge in [0.1, 0.15) is 24.3 Å². The predicted octanol–water partition coefficient (Wildman–Crippen LogP) is 2.49. The number of aldehydes is 1. The van der Waals surface area contributed by atoms with Gasteiger partial charge in [0.05, 0.1) is 25.7 Å². The summed E-state index contributed by atoms with van der Waals surface area (Å²) in [6.45, 7) is -0.393. The van der Waals surface area contributed by atoms with Crippen molar-refractivity contribution in [2.24, 2.45) is 5.92 Å². The standard InChI is InChI=1S/C30H33FN2O7/c1-39-24-13-17(16-35)12-20-25-21(29(37)32-10-11-34)14-23(26(36)28(25)40-27(20)24)33(30(38)18-6-2-3-7-18)15-19-8-4-5-9-22(19)31/h4-5,8-9,12-14,16,18,23,25-26,28,34,36H,2-3,6-7,10-11,15H2,1H3,(H,32,37). The SMILES string of the molecule is COc1cc(C=O)cc2c1OC1C2C(C(=O)NCCO)=CC(N(Cc2ccccc2F)C(=O)C2CCCC2)C1O. The number of hydrogen-bond acceptors (Lipinski definition) is 7. The van der Waals surface area contributed by atoms with Gasteiger partial charge in [0.25, 0.3) is 0 Å². The largest absolute Gasteiger partial charge is 0.493 e. The zero-order valence-corrected chi connectivity index (χ0v) is 22.2. The van der Waals surface area contributed by atoms with E-state index >= 15 is 0 Å². The molecule has 2 amide bonds. The molecule has 40 heavy (non-hydrogen) atoms. The molecule has 1 heterocycles. The quantitative estimate of drug-likeness (QED) is 0.408. The van der Waals surface area contributed by atoms with Crippen molar-refractivity contribution < 1.29 is 38.5 Å². The summed E-state index contributed by atoms with van der Waals surface area (Å²) >= 11 is 0. The fourth-order valence-corrected chi connectivity index (χ4v) is 6.11. The van der Waals surface area contributed by atoms with E-state index in [4.69, 9.17) is 9.47 Å². The lowest BCUT2D eigenvalue weighted by Gasteiger charge is -2.41. The number of carbonyl (C=O) groups excluding carboxylic acids is 3. The number of aliphatic hydroxyl groups is 2. The van der Waals surface area contributed by atoms with Gasteiger partial charge in [-0.1, -0.05) is 31.0 Å². The van der Waals surface area contributed by atoms with Crippen molar-refractivity contribution in [2.45, 2.75) is 56.4 Å². The van der Waals surface area contributed by atoms with Gasteiger partial charge in [-0.25, -0.2) is 4.39 Å². The number of benzene rings is 2. The predicted molar refractivity (Wildman–Crippen MR) is 142 cm³/mol. The van der Waals surface area contributed by atoms with Gasteiger partial charge in [0.15, 0.2) is 11.5 Å². The van der Waals surface area contributed by atoms with E-state index in [-0.39, 0.29) is 48.4 Å². The fourth-order valence-electron chi connectivity index (χ4n) is 6.11. The van der Waals surface area contributed by atoms with E-state index in [1.54, 1.807) is 30.3 Å². The molecule has 0 spiro atoms. The van der Waals surface area contributed by atoms with Gasteiger partial charge in [0, 0.05) is 41.3 Å². The highest BCUT2D eigenvalue weighted by Gasteiger charge is 2.52. The summed E-state index contributed by atoms with van der Waals surface area (Å²) in [6, 6.07) is 8.26. The van der Waals surface area contributed by atoms with E-state index in [9.17, 15) is 29.0 Å². The highest BCUT2D eigenvalue weighted by Crippen LogP contribution is 2.51. The highest BCUT2D eigenvalue weighted by molar-refractivity contribution is 5.96. The first-order valence-electron chi connectivity index (χ1n) is 13.5. The molecule has 10 heteroatoms. The number of aliphatic hydroxyl groups excluding tert-OH is 2. The highest BCUT2D eigenvalue weighted by atomic mass is 19.1. The van der Waals surface area contributed by atoms with Gasteiger partial charge < -0.3 is 29.9 Å². The molecule has 1 aliphatic heterocycles. The van der Waals surface area contributed by atoms with Crippen molar-refractivity contribution in [1.29, 1.82) is 0 Å². The zero-order valence-electron chi connectivity index (χ0n) is 22.2. The lowest BCUT2D eigenvalue weighted by Crippen LogP contribution is -2.56. The van der Waals surface area contributed by atoms with Crippen LogP contribution in [0.5, 0.6) is 11.5 Å². The number of carbonyl (C=O) groups is 3. The van der Waals surface area contributed by atoms with Crippen molar-refractivity contribution in [3.8, 4) is 11.5 Å². The minimum Gasteiger partial charge on any atom is -0.493 e. The molecule has 9 nitrogen and oxygen atoms in total. The van der Waals surface area contributed by atoms with Gasteiger partial charge in [0.2, 0.25) is 11.8 Å². The first-order valence-corrected chi connectivity index (χ1v) is 13.5. The average Bonchev–Trinajstić information content (AvgIpc) is 3.64. The number of nitrogens with one attached hydrogen (secondary N) is 1. The van der Waals surface area contributed by atoms with E-state index in [1.165, 1.54) is 24.1 Å². The fraction of sp³-hybridized carbons (Fsp3) is 0.433. The molecule has 0 radical (unpaired) electrons. The maximum absolute atomic E-state index is 14.8. The molecule has 1 fully saturated rings. The van der Waals surface area contributed by atoms with Gasteiger partial charge in [-0.2, -0.15) is 0 Å². The topological polar surface area (TPSA) is 125 Å². The Morgan fingerprint density at radius 3 is 2.65 bits per heavy atom. The Balaban J connectivity index is 1.61. The lowest BCUT2D eigenvalue weighted by molar-refractivity contribution is -0.142. The van der Waals surface area contributed by atoms with Crippen molar-refractivity contribution in [3.05, 3.63) is 70.6 Å². The summed E-state index contributed by atoms with van der Waals surface area (Å²) in [6.07, 6.45) is 3.14. The average molecular weight is 553 g/mol. The van der Waals surface area contributed by atoms with Crippen LogP contribution in [0.15, 0.2) is 48.0 Å². The van der Waals surface area contributed by atoms with Crippen LogP contribution in [0.25, 0.3) is 0 Å². The first-order chi connectivity index (χ1) is 19.4. The number of hydrogen-bond donors (Lipinski definition) is 3. The van der Waals surface area contributed by atoms with Crippen molar-refractivity contribution in [1.82, 2.24) is 10.2 Å². The number of nitrogens with zero attached hydrogens (tertiary/aromatic N) is 1. The molecule has 4 atom stereocenters. The summed E-state index contributed by atoms with van der Waals surface area (Å²) in [7, 11) is 1.43. The molecule has 1 saturated carbocycles. The third-order valence-corrected chi connectivity index (χ3v) is 8.06. The number of rotatable bonds is 9. The second-order valence-corrected chi connectivity index (χ2v) is 10.4. The van der Waals surface area contributed by atoms with Crippen LogP contribution in [0.1, 0.15) is 53.1 Å². The Morgan fingerprint density at radius 2 is 1.98 bits per heavy atom. The Kier molecular flexibility index (Phi) is 8.18. The monoisotopic (exact) mass is 552 g/mol. The van der Waals surface area contributed by atoms with Crippen LogP contribution in [0.3, 0.4) is 0 Å². The van der Waals surface area contributed by atoms with E-state index in [2.05, 4.69) is 5.32 Å². The molecular formula is C30H33FN2O7. The molecular weight excluding hydrogens is 519 g/mol. The molecule has 2 aromatic rings. The molecule has 3 N–H and O–H groups in total. The van der Waals surface area contributed by atoms with Gasteiger partial charge in [-0.05, 0) is 37.1 Å². The zero-order chi connectivity index (χ0) is 28.4. The van der Waals surface area contributed by atoms with E-state index in [0.717, 1.165) is 12.8 Å². The molecule has 5 rings (SSSR count). The Labute approximate surface area is 231 Å². The van der Waals surface area contributed by atoms with Crippen LogP contribution in [0.2, 0.25) is 0 Å². The van der Waals surface area contributed by atoms with Crippen LogP contribution < -0.4 is 14.8 Å². The number of halogens is 1.